The highest BCUT2D eigenvalue weighted by Gasteiger charge is 2.25. The second-order valence-electron chi connectivity index (χ2n) is 3.68. The molecule has 1 fully saturated rings. The number of aromatic hydroxyl groups is 1. The van der Waals surface area contributed by atoms with Crippen LogP contribution in [0, 0.1) is 0 Å². The summed E-state index contributed by atoms with van der Waals surface area (Å²) in [6.07, 6.45) is 0.853. The number of likely N-dealkylation sites (tertiary alicyclic amines) is 1. The van der Waals surface area contributed by atoms with Crippen molar-refractivity contribution in [3.05, 3.63) is 29.8 Å². The van der Waals surface area contributed by atoms with Crippen molar-refractivity contribution in [1.29, 1.82) is 0 Å². The number of carbonyl (C=O) groups is 1. The minimum atomic E-state index is -0.0156. The molecular formula is C11H12ClNO2. The normalized spacial score (nSPS) is 20.6. The molecular weight excluding hydrogens is 214 g/mol. The Labute approximate surface area is 93.3 Å². The molecule has 2 rings (SSSR count). The van der Waals surface area contributed by atoms with Crippen LogP contribution in [0.15, 0.2) is 24.3 Å². The second kappa shape index (κ2) is 4.11. The maximum atomic E-state index is 11.9. The van der Waals surface area contributed by atoms with Crippen LogP contribution in [0.1, 0.15) is 16.8 Å². The van der Waals surface area contributed by atoms with E-state index in [4.69, 9.17) is 16.7 Å². The third kappa shape index (κ3) is 2.23. The predicted octanol–water partition coefficient (Wildman–Crippen LogP) is 1.85. The van der Waals surface area contributed by atoms with Gasteiger partial charge in [0.2, 0.25) is 0 Å². The van der Waals surface area contributed by atoms with Gasteiger partial charge in [-0.25, -0.2) is 0 Å². The molecule has 4 heteroatoms. The van der Waals surface area contributed by atoms with E-state index in [0.29, 0.717) is 18.7 Å². The third-order valence-corrected chi connectivity index (χ3v) is 2.89. The minimum absolute atomic E-state index is 0.0156. The zero-order valence-corrected chi connectivity index (χ0v) is 8.94. The number of benzene rings is 1. The first-order chi connectivity index (χ1) is 7.16. The number of phenols is 1. The summed E-state index contributed by atoms with van der Waals surface area (Å²) < 4.78 is 0. The van der Waals surface area contributed by atoms with Crippen LogP contribution in [-0.4, -0.2) is 34.4 Å². The summed E-state index contributed by atoms with van der Waals surface area (Å²) in [4.78, 5) is 13.6. The quantitative estimate of drug-likeness (QED) is 0.741. The van der Waals surface area contributed by atoms with Crippen LogP contribution in [-0.2, 0) is 0 Å². The molecule has 0 aromatic heterocycles. The van der Waals surface area contributed by atoms with E-state index in [0.717, 1.165) is 6.42 Å². The number of halogens is 1. The SMILES string of the molecule is O=C(c1ccc(O)cc1)N1CCC(Cl)C1. The molecule has 1 heterocycles. The van der Waals surface area contributed by atoms with Crippen LogP contribution in [0.3, 0.4) is 0 Å². The molecule has 15 heavy (non-hydrogen) atoms. The van der Waals surface area contributed by atoms with E-state index >= 15 is 0 Å². The van der Waals surface area contributed by atoms with Gasteiger partial charge in [0, 0.05) is 18.7 Å². The highest BCUT2D eigenvalue weighted by molar-refractivity contribution is 6.21. The Kier molecular flexibility index (Phi) is 2.82. The van der Waals surface area contributed by atoms with Gasteiger partial charge in [-0.3, -0.25) is 4.79 Å². The van der Waals surface area contributed by atoms with Crippen LogP contribution in [0.25, 0.3) is 0 Å². The van der Waals surface area contributed by atoms with Crippen LogP contribution >= 0.6 is 11.6 Å². The maximum absolute atomic E-state index is 11.9. The monoisotopic (exact) mass is 225 g/mol. The molecule has 1 amide bonds. The molecule has 1 aliphatic heterocycles. The van der Waals surface area contributed by atoms with Gasteiger partial charge in [0.05, 0.1) is 5.38 Å². The molecule has 0 spiro atoms. The Bertz CT molecular complexity index is 363. The molecule has 1 aromatic carbocycles. The molecule has 0 aliphatic carbocycles. The summed E-state index contributed by atoms with van der Waals surface area (Å²) in [7, 11) is 0. The van der Waals surface area contributed by atoms with Crippen LogP contribution < -0.4 is 0 Å². The lowest BCUT2D eigenvalue weighted by molar-refractivity contribution is 0.0793. The van der Waals surface area contributed by atoms with Gasteiger partial charge in [-0.05, 0) is 30.7 Å². The van der Waals surface area contributed by atoms with E-state index < -0.39 is 0 Å². The van der Waals surface area contributed by atoms with E-state index in [9.17, 15) is 4.79 Å². The Morgan fingerprint density at radius 1 is 1.40 bits per heavy atom. The fourth-order valence-electron chi connectivity index (χ4n) is 1.69. The smallest absolute Gasteiger partial charge is 0.253 e. The average Bonchev–Trinajstić information content (AvgIpc) is 2.65. The highest BCUT2D eigenvalue weighted by Crippen LogP contribution is 2.18. The largest absolute Gasteiger partial charge is 0.508 e. The second-order valence-corrected chi connectivity index (χ2v) is 4.30. The molecule has 0 bridgehead atoms. The zero-order valence-electron chi connectivity index (χ0n) is 8.19. The molecule has 1 unspecified atom stereocenters. The third-order valence-electron chi connectivity index (χ3n) is 2.53. The maximum Gasteiger partial charge on any atom is 0.253 e. The number of hydrogen-bond acceptors (Lipinski definition) is 2. The van der Waals surface area contributed by atoms with E-state index in [1.807, 2.05) is 0 Å². The van der Waals surface area contributed by atoms with Gasteiger partial charge in [-0.1, -0.05) is 0 Å². The van der Waals surface area contributed by atoms with E-state index in [1.165, 1.54) is 12.1 Å². The molecule has 80 valence electrons. The van der Waals surface area contributed by atoms with Gasteiger partial charge < -0.3 is 10.0 Å². The highest BCUT2D eigenvalue weighted by atomic mass is 35.5. The lowest BCUT2D eigenvalue weighted by Crippen LogP contribution is -2.28. The van der Waals surface area contributed by atoms with Gasteiger partial charge in [0.15, 0.2) is 0 Å². The van der Waals surface area contributed by atoms with Crippen molar-refractivity contribution in [3.8, 4) is 5.75 Å². The van der Waals surface area contributed by atoms with Gasteiger partial charge in [-0.15, -0.1) is 11.6 Å². The summed E-state index contributed by atoms with van der Waals surface area (Å²) in [5.41, 5.74) is 0.596. The number of nitrogens with zero attached hydrogens (tertiary/aromatic N) is 1. The number of carbonyl (C=O) groups excluding carboxylic acids is 1. The van der Waals surface area contributed by atoms with Crippen molar-refractivity contribution in [2.75, 3.05) is 13.1 Å². The summed E-state index contributed by atoms with van der Waals surface area (Å²) in [6, 6.07) is 6.28. The van der Waals surface area contributed by atoms with Crippen molar-refractivity contribution in [1.82, 2.24) is 4.90 Å². The first-order valence-corrected chi connectivity index (χ1v) is 5.33. The first kappa shape index (κ1) is 10.3. The predicted molar refractivity (Wildman–Crippen MR) is 58.3 cm³/mol. The van der Waals surface area contributed by atoms with Gasteiger partial charge >= 0.3 is 0 Å². The average molecular weight is 226 g/mol. The molecule has 1 saturated heterocycles. The summed E-state index contributed by atoms with van der Waals surface area (Å²) in [6.45, 7) is 1.33. The summed E-state index contributed by atoms with van der Waals surface area (Å²) in [5, 5.41) is 9.17. The van der Waals surface area contributed by atoms with E-state index in [1.54, 1.807) is 17.0 Å². The van der Waals surface area contributed by atoms with Crippen molar-refractivity contribution < 1.29 is 9.90 Å². The number of phenolic OH excluding ortho intramolecular Hbond substituents is 1. The van der Waals surface area contributed by atoms with Crippen LogP contribution in [0.2, 0.25) is 0 Å². The fraction of sp³-hybridized carbons (Fsp3) is 0.364. The molecule has 1 aliphatic rings. The zero-order chi connectivity index (χ0) is 10.8. The van der Waals surface area contributed by atoms with Crippen molar-refractivity contribution >= 4 is 17.5 Å². The molecule has 1 aromatic rings. The van der Waals surface area contributed by atoms with Crippen molar-refractivity contribution in [2.24, 2.45) is 0 Å². The Morgan fingerprint density at radius 2 is 2.07 bits per heavy atom. The molecule has 3 nitrogen and oxygen atoms in total. The molecule has 1 N–H and O–H groups in total. The van der Waals surface area contributed by atoms with Gasteiger partial charge in [0.25, 0.3) is 5.91 Å². The Balaban J connectivity index is 2.11. The minimum Gasteiger partial charge on any atom is -0.508 e. The van der Waals surface area contributed by atoms with Crippen LogP contribution in [0.4, 0.5) is 0 Å². The molecule has 0 radical (unpaired) electrons. The number of amides is 1. The standard InChI is InChI=1S/C11H12ClNO2/c12-9-5-6-13(7-9)11(15)8-1-3-10(14)4-2-8/h1-4,9,14H,5-7H2. The van der Waals surface area contributed by atoms with E-state index in [2.05, 4.69) is 0 Å². The topological polar surface area (TPSA) is 40.5 Å². The van der Waals surface area contributed by atoms with Gasteiger partial charge in [-0.2, -0.15) is 0 Å². The Hall–Kier alpha value is -1.22. The van der Waals surface area contributed by atoms with Crippen molar-refractivity contribution in [3.63, 3.8) is 0 Å². The lowest BCUT2D eigenvalue weighted by Gasteiger charge is -2.15. The molecule has 0 saturated carbocycles. The summed E-state index contributed by atoms with van der Waals surface area (Å²) >= 11 is 5.93. The first-order valence-electron chi connectivity index (χ1n) is 4.89. The number of alkyl halides is 1. The number of hydrogen-bond donors (Lipinski definition) is 1. The summed E-state index contributed by atoms with van der Waals surface area (Å²) in [5.74, 6) is 0.154. The van der Waals surface area contributed by atoms with E-state index in [-0.39, 0.29) is 17.0 Å². The lowest BCUT2D eigenvalue weighted by atomic mass is 10.2. The van der Waals surface area contributed by atoms with Crippen LogP contribution in [0.5, 0.6) is 5.75 Å². The van der Waals surface area contributed by atoms with Crippen molar-refractivity contribution in [2.45, 2.75) is 11.8 Å². The van der Waals surface area contributed by atoms with Gasteiger partial charge in [0.1, 0.15) is 5.75 Å². The number of rotatable bonds is 1. The molecule has 1 atom stereocenters. The fourth-order valence-corrected chi connectivity index (χ4v) is 1.95. The Morgan fingerprint density at radius 3 is 2.60 bits per heavy atom.